The van der Waals surface area contributed by atoms with E-state index in [1.54, 1.807) is 46.9 Å². The summed E-state index contributed by atoms with van der Waals surface area (Å²) in [7, 11) is 4.19. The number of rotatable bonds is 14. The van der Waals surface area contributed by atoms with Gasteiger partial charge in [-0.05, 0) is 156 Å². The Morgan fingerprint density at radius 2 is 1.12 bits per heavy atom. The summed E-state index contributed by atoms with van der Waals surface area (Å²) in [5.74, 6) is 2.32. The molecule has 0 atom stereocenters. The monoisotopic (exact) mass is 898 g/mol. The fourth-order valence-corrected chi connectivity index (χ4v) is 12.6. The first-order valence-electron chi connectivity index (χ1n) is 23.5. The number of aryl methyl sites for hydroxylation is 1. The minimum atomic E-state index is 0.0191. The van der Waals surface area contributed by atoms with Crippen LogP contribution >= 0.6 is 22.7 Å². The van der Waals surface area contributed by atoms with E-state index < -0.39 is 0 Å². The molecule has 10 heteroatoms. The van der Waals surface area contributed by atoms with Crippen LogP contribution in [0.5, 0.6) is 17.2 Å². The zero-order chi connectivity index (χ0) is 44.6. The number of aromatic hydroxyl groups is 2. The number of carbonyl (C=O) groups excluding carboxylic acids is 3. The first kappa shape index (κ1) is 45.5. The maximum atomic E-state index is 13.6. The minimum absolute atomic E-state index is 0.0191. The zero-order valence-corrected chi connectivity index (χ0v) is 39.0. The molecule has 1 aliphatic heterocycles. The van der Waals surface area contributed by atoms with Crippen LogP contribution in [0.4, 0.5) is 0 Å². The Hall–Kier alpha value is -5.03. The molecule has 2 aromatic heterocycles. The molecule has 4 aromatic carbocycles. The Morgan fingerprint density at radius 1 is 0.641 bits per heavy atom. The van der Waals surface area contributed by atoms with Crippen LogP contribution in [-0.4, -0.2) is 77.8 Å². The van der Waals surface area contributed by atoms with Crippen molar-refractivity contribution in [2.45, 2.75) is 108 Å². The Bertz CT molecular complexity index is 2540. The molecule has 2 saturated carbocycles. The Morgan fingerprint density at radius 3 is 1.64 bits per heavy atom. The number of benzene rings is 4. The van der Waals surface area contributed by atoms with Crippen LogP contribution in [0.25, 0.3) is 20.2 Å². The highest BCUT2D eigenvalue weighted by Crippen LogP contribution is 2.46. The molecule has 0 bridgehead atoms. The summed E-state index contributed by atoms with van der Waals surface area (Å²) in [6, 6.07) is 26.1. The number of hydrogen-bond acceptors (Lipinski definition) is 9. The van der Waals surface area contributed by atoms with E-state index >= 15 is 0 Å². The number of phenols is 2. The summed E-state index contributed by atoms with van der Waals surface area (Å²) in [4.78, 5) is 46.1. The van der Waals surface area contributed by atoms with Crippen molar-refractivity contribution in [1.82, 2.24) is 9.80 Å². The fourth-order valence-electron chi connectivity index (χ4n) is 9.78. The third-order valence-corrected chi connectivity index (χ3v) is 15.9. The van der Waals surface area contributed by atoms with Crippen LogP contribution < -0.4 is 4.74 Å². The van der Waals surface area contributed by atoms with E-state index in [9.17, 15) is 24.6 Å². The van der Waals surface area contributed by atoms with Crippen molar-refractivity contribution >= 4 is 60.3 Å². The molecule has 6 aromatic rings. The second-order valence-electron chi connectivity index (χ2n) is 18.2. The first-order valence-corrected chi connectivity index (χ1v) is 25.1. The molecule has 3 fully saturated rings. The molecule has 1 amide bonds. The number of ether oxygens (including phenoxy) is 1. The van der Waals surface area contributed by atoms with Crippen molar-refractivity contribution in [2.75, 3.05) is 40.3 Å². The van der Waals surface area contributed by atoms with E-state index in [-0.39, 0.29) is 29.0 Å². The molecule has 0 unspecified atom stereocenters. The summed E-state index contributed by atoms with van der Waals surface area (Å²) in [6.45, 7) is 3.12. The Kier molecular flexibility index (Phi) is 15.2. The van der Waals surface area contributed by atoms with Gasteiger partial charge in [-0.15, -0.1) is 22.7 Å². The number of phenolic OH excluding ortho intramolecular Hbond substituents is 2. The van der Waals surface area contributed by atoms with Gasteiger partial charge in [0.05, 0.1) is 13.0 Å². The molecular formula is C54H62N2O6S2. The van der Waals surface area contributed by atoms with E-state index in [2.05, 4.69) is 31.1 Å². The fraction of sp³-hybridized carbons (Fsp3) is 0.426. The van der Waals surface area contributed by atoms with Gasteiger partial charge in [0.25, 0.3) is 0 Å². The quantitative estimate of drug-likeness (QED) is 0.105. The van der Waals surface area contributed by atoms with Gasteiger partial charge in [0.1, 0.15) is 17.2 Å². The van der Waals surface area contributed by atoms with Gasteiger partial charge < -0.3 is 24.7 Å². The number of thiophene rings is 2. The molecular weight excluding hydrogens is 837 g/mol. The highest BCUT2D eigenvalue weighted by atomic mass is 32.1. The van der Waals surface area contributed by atoms with Gasteiger partial charge in [0.2, 0.25) is 5.91 Å². The van der Waals surface area contributed by atoms with Crippen LogP contribution in [0.3, 0.4) is 0 Å². The normalized spacial score (nSPS) is 16.0. The number of carbonyl (C=O) groups is 3. The van der Waals surface area contributed by atoms with Gasteiger partial charge >= 0.3 is 0 Å². The van der Waals surface area contributed by atoms with E-state index in [0.717, 1.165) is 113 Å². The second kappa shape index (κ2) is 21.3. The number of likely N-dealkylation sites (tertiary alicyclic amines) is 1. The Balaban J connectivity index is 0.000000176. The molecule has 0 radical (unpaired) electrons. The predicted molar refractivity (Wildman–Crippen MR) is 261 cm³/mol. The average molecular weight is 899 g/mol. The van der Waals surface area contributed by atoms with Crippen molar-refractivity contribution < 1.29 is 29.3 Å². The molecule has 8 nitrogen and oxygen atoms in total. The lowest BCUT2D eigenvalue weighted by Crippen LogP contribution is -2.36. The topological polar surface area (TPSA) is 107 Å². The van der Waals surface area contributed by atoms with Crippen LogP contribution in [0, 0.1) is 0 Å². The molecule has 64 heavy (non-hydrogen) atoms. The lowest BCUT2D eigenvalue weighted by Gasteiger charge is -2.26. The maximum absolute atomic E-state index is 13.6. The smallest absolute Gasteiger partial charge is 0.225 e. The SMILES string of the molecule is CN(C)CCCc1ccc(C(=O)c2c(C3CCCCC3)sc3cc(O)ccc23)cc1.O=C(c1ccc(OCCC(=O)N2CCCCC2)cc1)c1c(C2CCCC2)sc2cc(O)ccc12. The van der Waals surface area contributed by atoms with Crippen LogP contribution in [0.15, 0.2) is 84.9 Å². The summed E-state index contributed by atoms with van der Waals surface area (Å²) in [5.41, 5.74) is 4.32. The summed E-state index contributed by atoms with van der Waals surface area (Å²) < 4.78 is 7.77. The molecule has 3 heterocycles. The maximum Gasteiger partial charge on any atom is 0.225 e. The zero-order valence-electron chi connectivity index (χ0n) is 37.4. The average Bonchev–Trinajstić information content (AvgIpc) is 4.08. The van der Waals surface area contributed by atoms with Gasteiger partial charge in [-0.3, -0.25) is 14.4 Å². The van der Waals surface area contributed by atoms with Crippen molar-refractivity contribution in [3.8, 4) is 17.2 Å². The van der Waals surface area contributed by atoms with Crippen molar-refractivity contribution in [2.24, 2.45) is 0 Å². The number of piperidine rings is 1. The number of nitrogens with zero attached hydrogens (tertiary/aromatic N) is 2. The number of ketones is 2. The Labute approximate surface area is 385 Å². The lowest BCUT2D eigenvalue weighted by molar-refractivity contribution is -0.132. The van der Waals surface area contributed by atoms with Crippen LogP contribution in [0.2, 0.25) is 0 Å². The molecule has 1 saturated heterocycles. The molecule has 9 rings (SSSR count). The van der Waals surface area contributed by atoms with Crippen LogP contribution in [0.1, 0.15) is 149 Å². The van der Waals surface area contributed by atoms with E-state index in [4.69, 9.17) is 4.74 Å². The lowest BCUT2D eigenvalue weighted by atomic mass is 9.85. The summed E-state index contributed by atoms with van der Waals surface area (Å²) >= 11 is 3.34. The van der Waals surface area contributed by atoms with Crippen molar-refractivity contribution in [3.05, 3.63) is 123 Å². The summed E-state index contributed by atoms with van der Waals surface area (Å²) in [6.07, 6.45) is 16.6. The van der Waals surface area contributed by atoms with Gasteiger partial charge in [0.15, 0.2) is 11.6 Å². The van der Waals surface area contributed by atoms with Gasteiger partial charge in [0, 0.05) is 65.3 Å². The second-order valence-corrected chi connectivity index (χ2v) is 20.4. The standard InChI is InChI=1S/C28H31NO4S.C26H31NO2S/c30-21-10-13-23-24(18-21)34-28(20-6-2-3-7-20)26(23)27(32)19-8-11-22(12-9-19)33-17-14-25(31)29-15-4-1-5-16-29;1-27(2)16-6-7-18-10-12-19(13-11-18)25(29)24-22-15-14-21(28)17-23(22)30-26(24)20-8-4-3-5-9-20/h8-13,18,20,30H,1-7,14-17H2;10-15,17,20,28H,3-9,16H2,1-2H3. The third kappa shape index (κ3) is 10.9. The van der Waals surface area contributed by atoms with Crippen LogP contribution in [-0.2, 0) is 11.2 Å². The minimum Gasteiger partial charge on any atom is -0.508 e. The largest absolute Gasteiger partial charge is 0.508 e. The van der Waals surface area contributed by atoms with Gasteiger partial charge in [-0.2, -0.15) is 0 Å². The van der Waals surface area contributed by atoms with Gasteiger partial charge in [-0.1, -0.05) is 56.4 Å². The molecule has 3 aliphatic rings. The third-order valence-electron chi connectivity index (χ3n) is 13.3. The number of fused-ring (bicyclic) bond motifs is 2. The predicted octanol–water partition coefficient (Wildman–Crippen LogP) is 12.7. The highest BCUT2D eigenvalue weighted by molar-refractivity contribution is 7.20. The molecule has 2 N–H and O–H groups in total. The van der Waals surface area contributed by atoms with Gasteiger partial charge in [-0.25, -0.2) is 0 Å². The highest BCUT2D eigenvalue weighted by Gasteiger charge is 2.29. The molecule has 0 spiro atoms. The van der Waals surface area contributed by atoms with E-state index in [1.807, 2.05) is 53.4 Å². The summed E-state index contributed by atoms with van der Waals surface area (Å²) in [5, 5.41) is 21.8. The van der Waals surface area contributed by atoms with Crippen molar-refractivity contribution in [1.29, 1.82) is 0 Å². The number of hydrogen-bond donors (Lipinski definition) is 2. The first-order chi connectivity index (χ1) is 31.1. The van der Waals surface area contributed by atoms with Crippen molar-refractivity contribution in [3.63, 3.8) is 0 Å². The van der Waals surface area contributed by atoms with E-state index in [0.29, 0.717) is 36.2 Å². The molecule has 2 aliphatic carbocycles. The van der Waals surface area contributed by atoms with E-state index in [1.165, 1.54) is 49.0 Å². The molecule has 336 valence electrons. The number of amides is 1.